The van der Waals surface area contributed by atoms with Crippen LogP contribution in [0, 0.1) is 0 Å². The van der Waals surface area contributed by atoms with E-state index in [0.29, 0.717) is 12.8 Å². The minimum Gasteiger partial charge on any atom is -0.462 e. The van der Waals surface area contributed by atoms with E-state index in [2.05, 4.69) is 62.5 Å². The predicted octanol–water partition coefficient (Wildman–Crippen LogP) is 13.9. The van der Waals surface area contributed by atoms with Crippen LogP contribution in [0.3, 0.4) is 0 Å². The number of para-hydroxylation sites is 1. The lowest BCUT2D eigenvalue weighted by Gasteiger charge is -2.20. The van der Waals surface area contributed by atoms with Crippen LogP contribution in [-0.4, -0.2) is 36.1 Å². The first-order valence-electron chi connectivity index (χ1n) is 21.1. The first kappa shape index (κ1) is 50.4. The lowest BCUT2D eigenvalue weighted by atomic mass is 10.1. The smallest absolute Gasteiger partial charge is 0.462 e. The Bertz CT molecular complexity index is 1280. The number of hydrogen-bond donors (Lipinski definition) is 1. The Hall–Kier alpha value is -2.64. The van der Waals surface area contributed by atoms with Crippen LogP contribution in [0.1, 0.15) is 168 Å². The molecule has 0 bridgehead atoms. The van der Waals surface area contributed by atoms with E-state index in [1.54, 1.807) is 12.1 Å². The standard InChI is InChI=1S/C45H72ClO8P/c1-3-5-7-9-11-13-15-17-19-21-23-25-27-29-31-37-44(47)51-39-41(40-52-55(49,50)54-43-36-34-33-35-42(43)46)53-45(48)38-32-30-28-26-24-22-20-18-16-14-12-10-8-6-4-2/h11-14,17-20,33-36,41H,3-10,15-16,21-32,37-40H2,1-2H3,(H,49,50)/b13-11-,14-12-,19-17-,20-18-/t41-/m1/s1. The highest BCUT2D eigenvalue weighted by molar-refractivity contribution is 7.47. The first-order valence-corrected chi connectivity index (χ1v) is 23.0. The van der Waals surface area contributed by atoms with Crippen LogP contribution in [0.15, 0.2) is 72.9 Å². The quantitative estimate of drug-likeness (QED) is 0.0309. The Morgan fingerprint density at radius 1 is 0.636 bits per heavy atom. The number of allylic oxidation sites excluding steroid dienone is 8. The zero-order chi connectivity index (χ0) is 40.1. The maximum absolute atomic E-state index is 12.7. The number of carbonyl (C=O) groups is 2. The third kappa shape index (κ3) is 32.2. The number of ether oxygens (including phenoxy) is 2. The number of carbonyl (C=O) groups excluding carboxylic acids is 2. The van der Waals surface area contributed by atoms with Crippen LogP contribution < -0.4 is 4.52 Å². The van der Waals surface area contributed by atoms with Gasteiger partial charge in [0.05, 0.1) is 5.02 Å². The normalized spacial score (nSPS) is 13.6. The molecule has 0 radical (unpaired) electrons. The molecule has 10 heteroatoms. The highest BCUT2D eigenvalue weighted by Crippen LogP contribution is 2.45. The van der Waals surface area contributed by atoms with Crippen molar-refractivity contribution in [2.75, 3.05) is 13.2 Å². The van der Waals surface area contributed by atoms with Crippen molar-refractivity contribution in [1.29, 1.82) is 0 Å². The van der Waals surface area contributed by atoms with Gasteiger partial charge in [-0.3, -0.25) is 19.0 Å². The average molecular weight is 807 g/mol. The molecule has 0 fully saturated rings. The van der Waals surface area contributed by atoms with Crippen LogP contribution in [0.2, 0.25) is 5.02 Å². The summed E-state index contributed by atoms with van der Waals surface area (Å²) in [7, 11) is -4.62. The Labute approximate surface area is 338 Å². The molecular formula is C45H72ClO8P. The Kier molecular flexibility index (Phi) is 32.7. The molecular weight excluding hydrogens is 735 g/mol. The SMILES string of the molecule is CCCCC/C=C\C/C=C\CCCCCCCC(=O)OC[C@H](COP(=O)(O)Oc1ccccc1Cl)OC(=O)CCCCCCC/C=C\C/C=C\CCCCC. The fourth-order valence-electron chi connectivity index (χ4n) is 5.63. The van der Waals surface area contributed by atoms with Gasteiger partial charge in [0.1, 0.15) is 19.0 Å². The van der Waals surface area contributed by atoms with Crippen molar-refractivity contribution in [1.82, 2.24) is 0 Å². The van der Waals surface area contributed by atoms with Gasteiger partial charge in [-0.1, -0.05) is 150 Å². The van der Waals surface area contributed by atoms with Crippen molar-refractivity contribution in [3.8, 4) is 5.75 Å². The summed E-state index contributed by atoms with van der Waals surface area (Å²) in [5.41, 5.74) is 0. The maximum atomic E-state index is 12.7. The molecule has 1 N–H and O–H groups in total. The zero-order valence-electron chi connectivity index (χ0n) is 34.0. The third-order valence-electron chi connectivity index (χ3n) is 8.87. The Morgan fingerprint density at radius 3 is 1.60 bits per heavy atom. The minimum absolute atomic E-state index is 0.0197. The van der Waals surface area contributed by atoms with Gasteiger partial charge in [-0.2, -0.15) is 0 Å². The molecule has 0 amide bonds. The highest BCUT2D eigenvalue weighted by Gasteiger charge is 2.28. The van der Waals surface area contributed by atoms with Crippen molar-refractivity contribution in [2.45, 2.75) is 174 Å². The Morgan fingerprint density at radius 2 is 1.09 bits per heavy atom. The summed E-state index contributed by atoms with van der Waals surface area (Å²) < 4.78 is 33.9. The second-order valence-corrected chi connectivity index (χ2v) is 15.8. The number of esters is 2. The highest BCUT2D eigenvalue weighted by atomic mass is 35.5. The second kappa shape index (κ2) is 35.8. The Balaban J connectivity index is 2.38. The van der Waals surface area contributed by atoms with Gasteiger partial charge in [0.15, 0.2) is 6.10 Å². The maximum Gasteiger partial charge on any atom is 0.527 e. The molecule has 0 spiro atoms. The van der Waals surface area contributed by atoms with E-state index in [1.165, 1.54) is 63.5 Å². The molecule has 0 heterocycles. The largest absolute Gasteiger partial charge is 0.527 e. The van der Waals surface area contributed by atoms with E-state index in [1.807, 2.05) is 0 Å². The van der Waals surface area contributed by atoms with Gasteiger partial charge >= 0.3 is 19.8 Å². The minimum atomic E-state index is -4.62. The van der Waals surface area contributed by atoms with E-state index in [4.69, 9.17) is 30.1 Å². The van der Waals surface area contributed by atoms with Gasteiger partial charge in [0.2, 0.25) is 0 Å². The van der Waals surface area contributed by atoms with Crippen LogP contribution in [0.5, 0.6) is 5.75 Å². The van der Waals surface area contributed by atoms with Crippen LogP contribution >= 0.6 is 19.4 Å². The van der Waals surface area contributed by atoms with Crippen LogP contribution in [0.4, 0.5) is 0 Å². The molecule has 55 heavy (non-hydrogen) atoms. The number of unbranched alkanes of at least 4 members (excludes halogenated alkanes) is 16. The number of hydrogen-bond acceptors (Lipinski definition) is 7. The lowest BCUT2D eigenvalue weighted by molar-refractivity contribution is -0.161. The monoisotopic (exact) mass is 806 g/mol. The summed E-state index contributed by atoms with van der Waals surface area (Å²) in [5.74, 6) is -0.919. The molecule has 0 aliphatic rings. The summed E-state index contributed by atoms with van der Waals surface area (Å²) in [6, 6.07) is 6.21. The van der Waals surface area contributed by atoms with Crippen molar-refractivity contribution in [3.63, 3.8) is 0 Å². The predicted molar refractivity (Wildman–Crippen MR) is 227 cm³/mol. The first-order chi connectivity index (χ1) is 26.8. The van der Waals surface area contributed by atoms with Crippen LogP contribution in [-0.2, 0) is 28.2 Å². The third-order valence-corrected chi connectivity index (χ3v) is 10.1. The molecule has 0 saturated heterocycles. The fraction of sp³-hybridized carbons (Fsp3) is 0.644. The second-order valence-electron chi connectivity index (χ2n) is 14.0. The van der Waals surface area contributed by atoms with E-state index >= 15 is 0 Å². The lowest BCUT2D eigenvalue weighted by Crippen LogP contribution is -2.29. The molecule has 1 unspecified atom stereocenters. The van der Waals surface area contributed by atoms with Gasteiger partial charge in [-0.25, -0.2) is 4.57 Å². The molecule has 0 aromatic heterocycles. The summed E-state index contributed by atoms with van der Waals surface area (Å²) in [6.45, 7) is 3.65. The number of rotatable bonds is 36. The molecule has 2 atom stereocenters. The summed E-state index contributed by atoms with van der Waals surface area (Å²) in [5, 5.41) is 0.142. The van der Waals surface area contributed by atoms with Crippen LogP contribution in [0.25, 0.3) is 0 Å². The number of benzene rings is 1. The molecule has 0 saturated carbocycles. The summed E-state index contributed by atoms with van der Waals surface area (Å²) in [4.78, 5) is 35.5. The molecule has 1 rings (SSSR count). The average Bonchev–Trinajstić information content (AvgIpc) is 3.16. The van der Waals surface area contributed by atoms with E-state index < -0.39 is 32.5 Å². The molecule has 1 aromatic carbocycles. The molecule has 0 aliphatic heterocycles. The van der Waals surface area contributed by atoms with Gasteiger partial charge in [0.25, 0.3) is 0 Å². The topological polar surface area (TPSA) is 108 Å². The van der Waals surface area contributed by atoms with Gasteiger partial charge in [-0.15, -0.1) is 0 Å². The number of phosphoric acid groups is 1. The summed E-state index contributed by atoms with van der Waals surface area (Å²) in [6.07, 6.45) is 41.0. The molecule has 0 aliphatic carbocycles. The van der Waals surface area contributed by atoms with Gasteiger partial charge in [-0.05, 0) is 89.2 Å². The van der Waals surface area contributed by atoms with Crippen molar-refractivity contribution in [3.05, 3.63) is 77.9 Å². The van der Waals surface area contributed by atoms with Crippen molar-refractivity contribution in [2.24, 2.45) is 0 Å². The molecule has 1 aromatic rings. The number of halogens is 1. The fourth-order valence-corrected chi connectivity index (χ4v) is 6.67. The van der Waals surface area contributed by atoms with Gasteiger partial charge in [0, 0.05) is 12.8 Å². The summed E-state index contributed by atoms with van der Waals surface area (Å²) >= 11 is 6.05. The zero-order valence-corrected chi connectivity index (χ0v) is 35.7. The molecule has 312 valence electrons. The van der Waals surface area contributed by atoms with Crippen molar-refractivity contribution < 1.29 is 37.6 Å². The van der Waals surface area contributed by atoms with E-state index in [9.17, 15) is 19.0 Å². The van der Waals surface area contributed by atoms with E-state index in [-0.39, 0.29) is 30.2 Å². The molecule has 8 nitrogen and oxygen atoms in total. The number of phosphoric ester groups is 1. The van der Waals surface area contributed by atoms with Crippen molar-refractivity contribution >= 4 is 31.4 Å². The van der Waals surface area contributed by atoms with Gasteiger partial charge < -0.3 is 14.0 Å². The van der Waals surface area contributed by atoms with E-state index in [0.717, 1.165) is 77.0 Å².